The summed E-state index contributed by atoms with van der Waals surface area (Å²) in [6.07, 6.45) is 0. The van der Waals surface area contributed by atoms with Crippen molar-refractivity contribution in [3.8, 4) is 0 Å². The fraction of sp³-hybridized carbons (Fsp3) is 0.333. The van der Waals surface area contributed by atoms with Gasteiger partial charge in [-0.2, -0.15) is 0 Å². The molecule has 0 N–H and O–H groups in total. The third-order valence-electron chi connectivity index (χ3n) is 5.96. The molecular formula is C21H20N2O2. The van der Waals surface area contributed by atoms with E-state index in [1.807, 2.05) is 43.3 Å². The van der Waals surface area contributed by atoms with Crippen LogP contribution < -0.4 is 0 Å². The molecule has 126 valence electrons. The number of hydrogen-bond donors (Lipinski definition) is 0. The van der Waals surface area contributed by atoms with Crippen LogP contribution in [0.3, 0.4) is 0 Å². The molecule has 2 bridgehead atoms. The van der Waals surface area contributed by atoms with Gasteiger partial charge in [-0.05, 0) is 36.3 Å². The van der Waals surface area contributed by atoms with Crippen LogP contribution in [-0.4, -0.2) is 42.4 Å². The Morgan fingerprint density at radius 2 is 1.12 bits per heavy atom. The van der Waals surface area contributed by atoms with Crippen LogP contribution in [0.25, 0.3) is 0 Å². The fourth-order valence-corrected chi connectivity index (χ4v) is 5.16. The number of carbonyl (C=O) groups excluding carboxylic acids is 2. The summed E-state index contributed by atoms with van der Waals surface area (Å²) < 4.78 is 0. The highest BCUT2D eigenvalue weighted by Gasteiger charge is 2.61. The summed E-state index contributed by atoms with van der Waals surface area (Å²) >= 11 is 0. The van der Waals surface area contributed by atoms with Gasteiger partial charge in [0.15, 0.2) is 0 Å². The van der Waals surface area contributed by atoms with Crippen molar-refractivity contribution in [2.24, 2.45) is 11.8 Å². The minimum absolute atomic E-state index is 0.00832. The molecule has 4 aliphatic rings. The smallest absolute Gasteiger partial charge is 0.235 e. The van der Waals surface area contributed by atoms with E-state index in [1.165, 1.54) is 27.2 Å². The zero-order valence-electron chi connectivity index (χ0n) is 14.3. The van der Waals surface area contributed by atoms with Gasteiger partial charge in [0.05, 0.1) is 18.5 Å². The Hall–Kier alpha value is -2.46. The number of nitrogens with zero attached hydrogens (tertiary/aromatic N) is 2. The fourth-order valence-electron chi connectivity index (χ4n) is 5.16. The molecular weight excluding hydrogens is 312 g/mol. The predicted octanol–water partition coefficient (Wildman–Crippen LogP) is 2.40. The SMILES string of the molecule is CN(C)CN1C(=O)C2C3c4ccccc4C(c4ccccc43)C2C1=O. The third-order valence-corrected chi connectivity index (χ3v) is 5.96. The van der Waals surface area contributed by atoms with Crippen molar-refractivity contribution in [3.05, 3.63) is 70.8 Å². The van der Waals surface area contributed by atoms with Gasteiger partial charge >= 0.3 is 0 Å². The highest BCUT2D eigenvalue weighted by molar-refractivity contribution is 6.07. The van der Waals surface area contributed by atoms with Crippen molar-refractivity contribution in [1.29, 1.82) is 0 Å². The average molecular weight is 332 g/mol. The third kappa shape index (κ3) is 1.80. The first-order valence-electron chi connectivity index (χ1n) is 8.77. The molecule has 0 spiro atoms. The van der Waals surface area contributed by atoms with E-state index in [0.717, 1.165) is 0 Å². The molecule has 0 radical (unpaired) electrons. The van der Waals surface area contributed by atoms with E-state index in [2.05, 4.69) is 24.3 Å². The van der Waals surface area contributed by atoms with Gasteiger partial charge in [0, 0.05) is 11.8 Å². The summed E-state index contributed by atoms with van der Waals surface area (Å²) in [6.45, 7) is 0.358. The molecule has 25 heavy (non-hydrogen) atoms. The van der Waals surface area contributed by atoms with Gasteiger partial charge in [-0.25, -0.2) is 0 Å². The molecule has 2 unspecified atom stereocenters. The molecule has 1 aliphatic heterocycles. The highest BCUT2D eigenvalue weighted by atomic mass is 16.2. The van der Waals surface area contributed by atoms with Crippen LogP contribution in [0.1, 0.15) is 34.1 Å². The second kappa shape index (κ2) is 5.02. The molecule has 3 aliphatic carbocycles. The van der Waals surface area contributed by atoms with E-state index >= 15 is 0 Å². The Bertz CT molecular complexity index is 789. The van der Waals surface area contributed by atoms with E-state index in [9.17, 15) is 9.59 Å². The van der Waals surface area contributed by atoms with Crippen LogP contribution in [0, 0.1) is 11.8 Å². The molecule has 2 aromatic rings. The van der Waals surface area contributed by atoms with E-state index in [-0.39, 0.29) is 35.5 Å². The van der Waals surface area contributed by atoms with Gasteiger partial charge in [-0.15, -0.1) is 0 Å². The summed E-state index contributed by atoms with van der Waals surface area (Å²) in [5.74, 6) is -0.563. The van der Waals surface area contributed by atoms with Gasteiger partial charge in [-0.1, -0.05) is 48.5 Å². The first-order valence-corrected chi connectivity index (χ1v) is 8.77. The molecule has 4 heteroatoms. The van der Waals surface area contributed by atoms with Crippen LogP contribution in [-0.2, 0) is 9.59 Å². The number of amides is 2. The zero-order chi connectivity index (χ0) is 17.3. The maximum atomic E-state index is 13.2. The number of rotatable bonds is 2. The summed E-state index contributed by atoms with van der Waals surface area (Å²) in [4.78, 5) is 29.7. The Morgan fingerprint density at radius 3 is 1.44 bits per heavy atom. The van der Waals surface area contributed by atoms with Crippen molar-refractivity contribution in [2.75, 3.05) is 20.8 Å². The molecule has 1 heterocycles. The summed E-state index contributed by atoms with van der Waals surface area (Å²) in [6, 6.07) is 16.7. The summed E-state index contributed by atoms with van der Waals surface area (Å²) in [5.41, 5.74) is 4.89. The first-order chi connectivity index (χ1) is 12.1. The van der Waals surface area contributed by atoms with Crippen LogP contribution in [0.5, 0.6) is 0 Å². The lowest BCUT2D eigenvalue weighted by Gasteiger charge is -2.45. The topological polar surface area (TPSA) is 40.6 Å². The summed E-state index contributed by atoms with van der Waals surface area (Å²) in [5, 5.41) is 0. The number of hydrogen-bond acceptors (Lipinski definition) is 3. The Balaban J connectivity index is 1.73. The van der Waals surface area contributed by atoms with Crippen LogP contribution in [0.2, 0.25) is 0 Å². The minimum atomic E-state index is -0.262. The Kier molecular flexibility index (Phi) is 2.98. The van der Waals surface area contributed by atoms with Gasteiger partial charge < -0.3 is 0 Å². The molecule has 4 nitrogen and oxygen atoms in total. The first kappa shape index (κ1) is 14.8. The lowest BCUT2D eigenvalue weighted by atomic mass is 9.55. The van der Waals surface area contributed by atoms with Gasteiger partial charge in [0.25, 0.3) is 0 Å². The molecule has 6 rings (SSSR count). The van der Waals surface area contributed by atoms with E-state index < -0.39 is 0 Å². The largest absolute Gasteiger partial charge is 0.292 e. The normalized spacial score (nSPS) is 29.0. The van der Waals surface area contributed by atoms with Crippen LogP contribution in [0.15, 0.2) is 48.5 Å². The standard InChI is InChI=1S/C21H20N2O2/c1-22(2)11-23-20(24)18-16-12-7-3-4-8-13(12)17(19(18)21(23)25)15-10-6-5-9-14(15)16/h3-10,16-19H,11H2,1-2H3. The van der Waals surface area contributed by atoms with Crippen molar-refractivity contribution in [2.45, 2.75) is 11.8 Å². The molecule has 0 aromatic heterocycles. The number of carbonyl (C=O) groups is 2. The molecule has 2 aromatic carbocycles. The number of likely N-dealkylation sites (tertiary alicyclic amines) is 1. The van der Waals surface area contributed by atoms with Crippen molar-refractivity contribution < 1.29 is 9.59 Å². The maximum Gasteiger partial charge on any atom is 0.235 e. The molecule has 2 atom stereocenters. The highest BCUT2D eigenvalue weighted by Crippen LogP contribution is 2.60. The quantitative estimate of drug-likeness (QED) is 0.793. The van der Waals surface area contributed by atoms with E-state index in [1.54, 1.807) is 0 Å². The molecule has 0 saturated carbocycles. The lowest BCUT2D eigenvalue weighted by molar-refractivity contribution is -0.142. The predicted molar refractivity (Wildman–Crippen MR) is 94.0 cm³/mol. The number of benzene rings is 2. The molecule has 1 saturated heterocycles. The van der Waals surface area contributed by atoms with E-state index in [0.29, 0.717) is 6.67 Å². The zero-order valence-corrected chi connectivity index (χ0v) is 14.3. The van der Waals surface area contributed by atoms with E-state index in [4.69, 9.17) is 0 Å². The Labute approximate surface area is 147 Å². The van der Waals surface area contributed by atoms with Crippen molar-refractivity contribution in [3.63, 3.8) is 0 Å². The van der Waals surface area contributed by atoms with Crippen LogP contribution >= 0.6 is 0 Å². The Morgan fingerprint density at radius 1 is 0.760 bits per heavy atom. The average Bonchev–Trinajstić information content (AvgIpc) is 2.87. The maximum absolute atomic E-state index is 13.2. The lowest BCUT2D eigenvalue weighted by Crippen LogP contribution is -2.41. The monoisotopic (exact) mass is 332 g/mol. The van der Waals surface area contributed by atoms with Gasteiger partial charge in [-0.3, -0.25) is 19.4 Å². The van der Waals surface area contributed by atoms with Crippen molar-refractivity contribution in [1.82, 2.24) is 9.80 Å². The second-order valence-electron chi connectivity index (χ2n) is 7.59. The molecule has 2 amide bonds. The van der Waals surface area contributed by atoms with Gasteiger partial charge in [0.2, 0.25) is 11.8 Å². The second-order valence-corrected chi connectivity index (χ2v) is 7.59. The molecule has 1 fully saturated rings. The van der Waals surface area contributed by atoms with Crippen molar-refractivity contribution >= 4 is 11.8 Å². The number of imide groups is 1. The minimum Gasteiger partial charge on any atom is -0.292 e. The van der Waals surface area contributed by atoms with Gasteiger partial charge in [0.1, 0.15) is 0 Å². The summed E-state index contributed by atoms with van der Waals surface area (Å²) in [7, 11) is 3.78. The van der Waals surface area contributed by atoms with Crippen LogP contribution in [0.4, 0.5) is 0 Å².